The maximum absolute atomic E-state index is 11.4. The predicted molar refractivity (Wildman–Crippen MR) is 107 cm³/mol. The van der Waals surface area contributed by atoms with Crippen LogP contribution in [0.15, 0.2) is 55.0 Å². The highest BCUT2D eigenvalue weighted by molar-refractivity contribution is 7.18. The van der Waals surface area contributed by atoms with Crippen molar-refractivity contribution in [3.8, 4) is 32.5 Å². The van der Waals surface area contributed by atoms with Gasteiger partial charge < -0.3 is 4.98 Å². The van der Waals surface area contributed by atoms with E-state index in [4.69, 9.17) is 4.98 Å². The second-order valence-corrected chi connectivity index (χ2v) is 7.36. The molecule has 0 fully saturated rings. The molecule has 0 amide bonds. The number of aromatic nitrogens is 4. The number of rotatable bonds is 5. The van der Waals surface area contributed by atoms with Crippen LogP contribution in [-0.4, -0.2) is 25.7 Å². The highest BCUT2D eigenvalue weighted by atomic mass is 32.1. The number of carbonyl (C=O) groups excluding carboxylic acids is 1. The van der Waals surface area contributed by atoms with Gasteiger partial charge in [0.2, 0.25) is 0 Å². The molecule has 4 aromatic rings. The summed E-state index contributed by atoms with van der Waals surface area (Å²) in [6.07, 6.45) is 5.62. The maximum Gasteiger partial charge on any atom is 0.149 e. The number of imidazole rings is 1. The van der Waals surface area contributed by atoms with Crippen LogP contribution in [0.25, 0.3) is 32.5 Å². The molecule has 27 heavy (non-hydrogen) atoms. The van der Waals surface area contributed by atoms with Gasteiger partial charge in [0.25, 0.3) is 0 Å². The van der Waals surface area contributed by atoms with Gasteiger partial charge in [0, 0.05) is 41.8 Å². The van der Waals surface area contributed by atoms with Gasteiger partial charge in [0.1, 0.15) is 16.6 Å². The fourth-order valence-corrected chi connectivity index (χ4v) is 4.01. The molecule has 5 nitrogen and oxygen atoms in total. The van der Waals surface area contributed by atoms with E-state index < -0.39 is 0 Å². The zero-order valence-electron chi connectivity index (χ0n) is 15.1. The molecule has 1 aromatic carbocycles. The number of Topliss-reactive ketones (excluding diaryl/α,β-unsaturated/α-hetero) is 1. The zero-order chi connectivity index (χ0) is 18.8. The molecule has 0 atom stereocenters. The zero-order valence-corrected chi connectivity index (χ0v) is 15.9. The lowest BCUT2D eigenvalue weighted by atomic mass is 10.0. The number of thiazole rings is 1. The van der Waals surface area contributed by atoms with Crippen molar-refractivity contribution in [2.45, 2.75) is 20.3 Å². The van der Waals surface area contributed by atoms with Crippen LogP contribution in [0.4, 0.5) is 0 Å². The van der Waals surface area contributed by atoms with Crippen LogP contribution in [-0.2, 0) is 11.2 Å². The third kappa shape index (κ3) is 3.57. The molecular weight excluding hydrogens is 356 g/mol. The van der Waals surface area contributed by atoms with Crippen molar-refractivity contribution in [1.82, 2.24) is 19.9 Å². The van der Waals surface area contributed by atoms with E-state index in [2.05, 4.69) is 34.0 Å². The number of carbonyl (C=O) groups is 1. The minimum Gasteiger partial charge on any atom is -0.344 e. The summed E-state index contributed by atoms with van der Waals surface area (Å²) in [5.41, 5.74) is 4.87. The van der Waals surface area contributed by atoms with Crippen molar-refractivity contribution in [3.63, 3.8) is 0 Å². The molecule has 6 heteroatoms. The number of hydrogen-bond donors (Lipinski definition) is 1. The number of pyridine rings is 1. The minimum atomic E-state index is 0.0932. The lowest BCUT2D eigenvalue weighted by molar-refractivity contribution is -0.116. The molecular formula is C21H18N4OS. The third-order valence-corrected chi connectivity index (χ3v) is 5.35. The Morgan fingerprint density at radius 2 is 2.00 bits per heavy atom. The fraction of sp³-hybridized carbons (Fsp3) is 0.143. The summed E-state index contributed by atoms with van der Waals surface area (Å²) in [5, 5.41) is 0.881. The molecule has 0 aliphatic rings. The molecule has 3 aromatic heterocycles. The van der Waals surface area contributed by atoms with E-state index in [1.165, 1.54) is 0 Å². The summed E-state index contributed by atoms with van der Waals surface area (Å²) in [4.78, 5) is 29.3. The van der Waals surface area contributed by atoms with Gasteiger partial charge in [-0.3, -0.25) is 9.78 Å². The molecule has 0 spiro atoms. The molecule has 0 aliphatic heterocycles. The first-order valence-corrected chi connectivity index (χ1v) is 9.45. The molecule has 0 saturated heterocycles. The van der Waals surface area contributed by atoms with Gasteiger partial charge in [-0.2, -0.15) is 0 Å². The standard InChI is InChI=1S/C21H18N4OS/c1-13-5-3-4-6-17(13)18-19(20-23-9-10-24-20)27-21(25-18)15-7-8-22-16(12-15)11-14(2)26/h3-10,12H,11H2,1-2H3,(H,23,24). The summed E-state index contributed by atoms with van der Waals surface area (Å²) >= 11 is 1.58. The van der Waals surface area contributed by atoms with Gasteiger partial charge in [-0.1, -0.05) is 24.3 Å². The van der Waals surface area contributed by atoms with Gasteiger partial charge in [0.15, 0.2) is 0 Å². The Bertz CT molecular complexity index is 1100. The van der Waals surface area contributed by atoms with E-state index in [0.717, 1.165) is 43.8 Å². The summed E-state index contributed by atoms with van der Waals surface area (Å²) < 4.78 is 0. The second kappa shape index (κ2) is 7.25. The summed E-state index contributed by atoms with van der Waals surface area (Å²) in [7, 11) is 0. The Morgan fingerprint density at radius 1 is 1.15 bits per heavy atom. The lowest BCUT2D eigenvalue weighted by Crippen LogP contribution is -1.98. The van der Waals surface area contributed by atoms with Gasteiger partial charge in [-0.05, 0) is 31.5 Å². The van der Waals surface area contributed by atoms with Crippen molar-refractivity contribution < 1.29 is 4.79 Å². The molecule has 0 aliphatic carbocycles. The number of aryl methyl sites for hydroxylation is 1. The molecule has 0 saturated carbocycles. The summed E-state index contributed by atoms with van der Waals surface area (Å²) in [6, 6.07) is 12.1. The van der Waals surface area contributed by atoms with Crippen molar-refractivity contribution in [2.75, 3.05) is 0 Å². The van der Waals surface area contributed by atoms with Crippen LogP contribution >= 0.6 is 11.3 Å². The van der Waals surface area contributed by atoms with E-state index in [9.17, 15) is 4.79 Å². The smallest absolute Gasteiger partial charge is 0.149 e. The monoisotopic (exact) mass is 374 g/mol. The van der Waals surface area contributed by atoms with Crippen LogP contribution in [0.1, 0.15) is 18.2 Å². The van der Waals surface area contributed by atoms with Gasteiger partial charge in [-0.15, -0.1) is 11.3 Å². The van der Waals surface area contributed by atoms with Crippen LogP contribution in [0.3, 0.4) is 0 Å². The van der Waals surface area contributed by atoms with Crippen molar-refractivity contribution in [2.24, 2.45) is 0 Å². The average molecular weight is 374 g/mol. The van der Waals surface area contributed by atoms with E-state index in [1.807, 2.05) is 30.5 Å². The molecule has 0 radical (unpaired) electrons. The van der Waals surface area contributed by atoms with Crippen molar-refractivity contribution in [1.29, 1.82) is 0 Å². The third-order valence-electron chi connectivity index (χ3n) is 4.23. The minimum absolute atomic E-state index is 0.0932. The number of nitrogens with one attached hydrogen (secondary N) is 1. The van der Waals surface area contributed by atoms with Crippen LogP contribution in [0, 0.1) is 6.92 Å². The highest BCUT2D eigenvalue weighted by Crippen LogP contribution is 2.40. The number of H-pyrrole nitrogens is 1. The van der Waals surface area contributed by atoms with Crippen LogP contribution < -0.4 is 0 Å². The molecule has 4 rings (SSSR count). The largest absolute Gasteiger partial charge is 0.344 e. The Labute approximate surface area is 161 Å². The number of ketones is 1. The first kappa shape index (κ1) is 17.3. The van der Waals surface area contributed by atoms with Crippen LogP contribution in [0.2, 0.25) is 0 Å². The topological polar surface area (TPSA) is 71.5 Å². The van der Waals surface area contributed by atoms with E-state index in [0.29, 0.717) is 6.42 Å². The SMILES string of the molecule is CC(=O)Cc1cc(-c2nc(-c3ccccc3C)c(-c3ncc[nH]3)s2)ccn1. The first-order chi connectivity index (χ1) is 13.1. The Hall–Kier alpha value is -3.12. The van der Waals surface area contributed by atoms with Crippen LogP contribution in [0.5, 0.6) is 0 Å². The quantitative estimate of drug-likeness (QED) is 0.549. The highest BCUT2D eigenvalue weighted by Gasteiger charge is 2.19. The molecule has 0 bridgehead atoms. The molecule has 134 valence electrons. The van der Waals surface area contributed by atoms with Gasteiger partial charge in [-0.25, -0.2) is 9.97 Å². The first-order valence-electron chi connectivity index (χ1n) is 8.63. The molecule has 1 N–H and O–H groups in total. The van der Waals surface area contributed by atoms with E-state index in [1.54, 1.807) is 30.7 Å². The molecule has 3 heterocycles. The Morgan fingerprint density at radius 3 is 2.74 bits per heavy atom. The molecule has 0 unspecified atom stereocenters. The number of hydrogen-bond acceptors (Lipinski definition) is 5. The van der Waals surface area contributed by atoms with Gasteiger partial charge >= 0.3 is 0 Å². The summed E-state index contributed by atoms with van der Waals surface area (Å²) in [6.45, 7) is 3.65. The van der Waals surface area contributed by atoms with Gasteiger partial charge in [0.05, 0.1) is 10.6 Å². The summed E-state index contributed by atoms with van der Waals surface area (Å²) in [5.74, 6) is 0.894. The number of benzene rings is 1. The average Bonchev–Trinajstić information content (AvgIpc) is 3.31. The fourth-order valence-electron chi connectivity index (χ4n) is 2.98. The predicted octanol–water partition coefficient (Wildman–Crippen LogP) is 4.70. The Balaban J connectivity index is 1.85. The maximum atomic E-state index is 11.4. The van der Waals surface area contributed by atoms with E-state index in [-0.39, 0.29) is 5.78 Å². The number of nitrogens with zero attached hydrogens (tertiary/aromatic N) is 3. The normalized spacial score (nSPS) is 10.9. The van der Waals surface area contributed by atoms with E-state index >= 15 is 0 Å². The lowest BCUT2D eigenvalue weighted by Gasteiger charge is -2.04. The van der Waals surface area contributed by atoms with Crippen molar-refractivity contribution >= 4 is 17.1 Å². The number of aromatic amines is 1. The second-order valence-electron chi connectivity index (χ2n) is 6.36. The Kier molecular flexibility index (Phi) is 4.64. The van der Waals surface area contributed by atoms with Crippen molar-refractivity contribution in [3.05, 3.63) is 66.2 Å².